The van der Waals surface area contributed by atoms with Gasteiger partial charge in [0.15, 0.2) is 5.82 Å². The Kier molecular flexibility index (Phi) is 5.63. The lowest BCUT2D eigenvalue weighted by Crippen LogP contribution is -2.36. The number of likely N-dealkylation sites (tertiary alicyclic amines) is 1. The number of carbonyl (C=O) groups is 1. The van der Waals surface area contributed by atoms with Crippen molar-refractivity contribution < 1.29 is 4.79 Å². The van der Waals surface area contributed by atoms with Crippen molar-refractivity contribution in [1.29, 1.82) is 5.26 Å². The molecule has 33 heavy (non-hydrogen) atoms. The number of nitriles is 1. The third kappa shape index (κ3) is 4.11. The van der Waals surface area contributed by atoms with Crippen LogP contribution in [-0.4, -0.2) is 38.7 Å². The van der Waals surface area contributed by atoms with Crippen molar-refractivity contribution in [1.82, 2.24) is 19.7 Å². The number of hydrogen-bond donors (Lipinski definition) is 2. The molecule has 0 bridgehead atoms. The first kappa shape index (κ1) is 21.3. The number of rotatable bonds is 6. The second-order valence-electron chi connectivity index (χ2n) is 8.94. The minimum absolute atomic E-state index is 0.0432. The number of H-pyrrole nitrogens is 1. The third-order valence-corrected chi connectivity index (χ3v) is 6.62. The molecule has 169 valence electrons. The van der Waals surface area contributed by atoms with Crippen LogP contribution in [0.2, 0.25) is 0 Å². The van der Waals surface area contributed by atoms with Gasteiger partial charge in [-0.2, -0.15) is 10.4 Å². The normalized spacial score (nSPS) is 17.0. The largest absolute Gasteiger partial charge is 0.339 e. The third-order valence-electron chi connectivity index (χ3n) is 6.62. The Balaban J connectivity index is 1.47. The minimum atomic E-state index is -0.224. The van der Waals surface area contributed by atoms with Crippen LogP contribution in [0.3, 0.4) is 0 Å². The molecule has 3 aromatic rings. The molecular formula is C25H27N6O2. The maximum Gasteiger partial charge on any atom is 0.261 e. The fraction of sp³-hybridized carbons (Fsp3) is 0.400. The van der Waals surface area contributed by atoms with Gasteiger partial charge >= 0.3 is 0 Å². The SMILES string of the molecule is Cc1cc(Nc2nn(C(CC#N)C3CC3)c3cc[nH]c(=O)c23)ccc1C(=O)N1CC[CH]CC1. The Hall–Kier alpha value is -3.60. The minimum Gasteiger partial charge on any atom is -0.339 e. The first-order valence-corrected chi connectivity index (χ1v) is 11.5. The number of benzene rings is 1. The molecule has 0 spiro atoms. The summed E-state index contributed by atoms with van der Waals surface area (Å²) in [6, 6.07) is 9.67. The van der Waals surface area contributed by atoms with Gasteiger partial charge in [0.1, 0.15) is 5.39 Å². The van der Waals surface area contributed by atoms with Gasteiger partial charge in [-0.05, 0) is 74.8 Å². The fourth-order valence-electron chi connectivity index (χ4n) is 4.71. The lowest BCUT2D eigenvalue weighted by atomic mass is 10.0. The summed E-state index contributed by atoms with van der Waals surface area (Å²) in [7, 11) is 0. The van der Waals surface area contributed by atoms with Crippen LogP contribution in [0.5, 0.6) is 0 Å². The van der Waals surface area contributed by atoms with Gasteiger partial charge in [0, 0.05) is 30.5 Å². The molecule has 8 nitrogen and oxygen atoms in total. The molecule has 1 unspecified atom stereocenters. The molecular weight excluding hydrogens is 416 g/mol. The predicted octanol–water partition coefficient (Wildman–Crippen LogP) is 4.08. The summed E-state index contributed by atoms with van der Waals surface area (Å²) >= 11 is 0. The zero-order chi connectivity index (χ0) is 22.9. The van der Waals surface area contributed by atoms with Crippen molar-refractivity contribution in [2.45, 2.75) is 45.1 Å². The fourth-order valence-corrected chi connectivity index (χ4v) is 4.71. The van der Waals surface area contributed by atoms with E-state index in [9.17, 15) is 14.9 Å². The molecule has 1 aliphatic carbocycles. The molecule has 1 atom stereocenters. The van der Waals surface area contributed by atoms with E-state index in [4.69, 9.17) is 5.10 Å². The van der Waals surface area contributed by atoms with E-state index >= 15 is 0 Å². The van der Waals surface area contributed by atoms with Crippen LogP contribution in [0.15, 0.2) is 35.3 Å². The monoisotopic (exact) mass is 443 g/mol. The molecule has 1 aromatic carbocycles. The van der Waals surface area contributed by atoms with Gasteiger partial charge in [-0.1, -0.05) is 0 Å². The molecule has 5 rings (SSSR count). The highest BCUT2D eigenvalue weighted by Crippen LogP contribution is 2.43. The Labute approximate surface area is 192 Å². The summed E-state index contributed by atoms with van der Waals surface area (Å²) in [6.07, 6.45) is 8.21. The first-order valence-electron chi connectivity index (χ1n) is 11.5. The molecule has 1 saturated heterocycles. The summed E-state index contributed by atoms with van der Waals surface area (Å²) < 4.78 is 1.84. The highest BCUT2D eigenvalue weighted by atomic mass is 16.2. The zero-order valence-electron chi connectivity index (χ0n) is 18.7. The summed E-state index contributed by atoms with van der Waals surface area (Å²) in [5.41, 5.74) is 2.82. The van der Waals surface area contributed by atoms with Crippen LogP contribution in [0.1, 0.15) is 54.1 Å². The number of fused-ring (bicyclic) bond motifs is 1. The average molecular weight is 444 g/mol. The second kappa shape index (κ2) is 8.74. The molecule has 1 aliphatic heterocycles. The number of amides is 1. The van der Waals surface area contributed by atoms with Crippen molar-refractivity contribution in [3.8, 4) is 6.07 Å². The van der Waals surface area contributed by atoms with Gasteiger partial charge in [0.25, 0.3) is 11.5 Å². The number of hydrogen-bond acceptors (Lipinski definition) is 5. The summed E-state index contributed by atoms with van der Waals surface area (Å²) in [4.78, 5) is 30.2. The number of piperidine rings is 1. The maximum atomic E-state index is 12.9. The van der Waals surface area contributed by atoms with Crippen molar-refractivity contribution in [3.05, 3.63) is 58.4 Å². The van der Waals surface area contributed by atoms with Gasteiger partial charge in [-0.15, -0.1) is 0 Å². The quantitative estimate of drug-likeness (QED) is 0.597. The first-order chi connectivity index (χ1) is 16.1. The highest BCUT2D eigenvalue weighted by Gasteiger charge is 2.34. The number of aromatic amines is 1. The van der Waals surface area contributed by atoms with Crippen molar-refractivity contribution in [3.63, 3.8) is 0 Å². The Morgan fingerprint density at radius 3 is 2.79 bits per heavy atom. The molecule has 1 radical (unpaired) electrons. The number of nitrogens with zero attached hydrogens (tertiary/aromatic N) is 4. The second-order valence-corrected chi connectivity index (χ2v) is 8.94. The maximum absolute atomic E-state index is 12.9. The van der Waals surface area contributed by atoms with Gasteiger partial charge in [-0.25, -0.2) is 0 Å². The van der Waals surface area contributed by atoms with E-state index in [2.05, 4.69) is 22.8 Å². The van der Waals surface area contributed by atoms with Crippen LogP contribution in [0.4, 0.5) is 11.5 Å². The molecule has 2 N–H and O–H groups in total. The smallest absolute Gasteiger partial charge is 0.261 e. The topological polar surface area (TPSA) is 107 Å². The molecule has 8 heteroatoms. The van der Waals surface area contributed by atoms with E-state index in [1.165, 1.54) is 0 Å². The van der Waals surface area contributed by atoms with Crippen LogP contribution in [0, 0.1) is 30.6 Å². The Morgan fingerprint density at radius 1 is 1.30 bits per heavy atom. The lowest BCUT2D eigenvalue weighted by molar-refractivity contribution is 0.0741. The van der Waals surface area contributed by atoms with Crippen molar-refractivity contribution in [2.75, 3.05) is 18.4 Å². The van der Waals surface area contributed by atoms with Crippen LogP contribution >= 0.6 is 0 Å². The average Bonchev–Trinajstić information content (AvgIpc) is 3.60. The number of aryl methyl sites for hydroxylation is 1. The molecule has 2 aromatic heterocycles. The van der Waals surface area contributed by atoms with Gasteiger partial charge < -0.3 is 15.2 Å². The van der Waals surface area contributed by atoms with Crippen molar-refractivity contribution >= 4 is 28.3 Å². The zero-order valence-corrected chi connectivity index (χ0v) is 18.7. The summed E-state index contributed by atoms with van der Waals surface area (Å²) in [6.45, 7) is 3.44. The molecule has 2 aliphatic rings. The number of carbonyl (C=O) groups excluding carboxylic acids is 1. The van der Waals surface area contributed by atoms with Gasteiger partial charge in [-0.3, -0.25) is 14.3 Å². The summed E-state index contributed by atoms with van der Waals surface area (Å²) in [5, 5.41) is 17.8. The van der Waals surface area contributed by atoms with E-state index in [0.717, 1.165) is 55.5 Å². The van der Waals surface area contributed by atoms with E-state index < -0.39 is 0 Å². The van der Waals surface area contributed by atoms with Crippen molar-refractivity contribution in [2.24, 2.45) is 5.92 Å². The van der Waals surface area contributed by atoms with E-state index in [1.807, 2.05) is 40.8 Å². The molecule has 2 fully saturated rings. The highest BCUT2D eigenvalue weighted by molar-refractivity contribution is 5.96. The lowest BCUT2D eigenvalue weighted by Gasteiger charge is -2.27. The summed E-state index contributed by atoms with van der Waals surface area (Å²) in [5.74, 6) is 0.933. The predicted molar refractivity (Wildman–Crippen MR) is 126 cm³/mol. The van der Waals surface area contributed by atoms with E-state index in [-0.39, 0.29) is 17.5 Å². The number of pyridine rings is 1. The van der Waals surface area contributed by atoms with Crippen LogP contribution in [-0.2, 0) is 0 Å². The van der Waals surface area contributed by atoms with Gasteiger partial charge in [0.2, 0.25) is 0 Å². The molecule has 1 saturated carbocycles. The van der Waals surface area contributed by atoms with Crippen LogP contribution in [0.25, 0.3) is 10.9 Å². The van der Waals surface area contributed by atoms with E-state index in [1.54, 1.807) is 6.20 Å². The molecule has 1 amide bonds. The standard InChI is InChI=1S/C25H27N6O2/c1-16-15-18(7-8-19(16)25(33)30-13-3-2-4-14-30)28-23-22-21(10-12-27-24(22)32)31(29-23)20(9-11-26)17-5-6-17/h2,7-8,10,12,15,17,20H,3-6,9,13-14H2,1H3,(H,27,32)(H,28,29). The number of aromatic nitrogens is 3. The molecule has 3 heterocycles. The number of anilines is 2. The Bertz CT molecular complexity index is 1290. The Morgan fingerprint density at radius 2 is 2.09 bits per heavy atom. The number of nitrogens with one attached hydrogen (secondary N) is 2. The van der Waals surface area contributed by atoms with Gasteiger partial charge in [0.05, 0.1) is 24.0 Å². The van der Waals surface area contributed by atoms with E-state index in [0.29, 0.717) is 29.1 Å². The van der Waals surface area contributed by atoms with Crippen LogP contribution < -0.4 is 10.9 Å².